The summed E-state index contributed by atoms with van der Waals surface area (Å²) < 4.78 is 24.6. The Morgan fingerprint density at radius 3 is 2.52 bits per heavy atom. The minimum absolute atomic E-state index is 0.00227. The van der Waals surface area contributed by atoms with Gasteiger partial charge in [-0.15, -0.1) is 0 Å². The topological polar surface area (TPSA) is 76.7 Å². The van der Waals surface area contributed by atoms with Crippen molar-refractivity contribution in [3.05, 3.63) is 47.8 Å². The summed E-state index contributed by atoms with van der Waals surface area (Å²) >= 11 is 0. The molecule has 2 aromatic carbocycles. The summed E-state index contributed by atoms with van der Waals surface area (Å²) in [5.41, 5.74) is 0.713. The van der Waals surface area contributed by atoms with Crippen LogP contribution in [0.1, 0.15) is 37.0 Å². The van der Waals surface area contributed by atoms with E-state index in [1.54, 1.807) is 18.2 Å². The smallest absolute Gasteiger partial charge is 0.255 e. The standard InChI is InChI=1S/C20H23FN2O4/c1-4-5-10-27-18-9-6-14(11-19(18)26-3)20(25)23-15-7-8-16(21)17(12-15)22-13(2)24/h6-9,11-12H,4-5,10H2,1-3H3,(H,22,24)(H,23,25). The highest BCUT2D eigenvalue weighted by Gasteiger charge is 2.13. The number of ether oxygens (including phenoxy) is 2. The molecule has 0 saturated carbocycles. The molecule has 27 heavy (non-hydrogen) atoms. The lowest BCUT2D eigenvalue weighted by Crippen LogP contribution is -2.13. The Labute approximate surface area is 157 Å². The van der Waals surface area contributed by atoms with Gasteiger partial charge in [0.2, 0.25) is 5.91 Å². The molecule has 0 atom stereocenters. The number of unbranched alkanes of at least 4 members (excludes halogenated alkanes) is 1. The van der Waals surface area contributed by atoms with E-state index in [1.807, 2.05) is 0 Å². The minimum atomic E-state index is -0.585. The molecule has 2 aromatic rings. The predicted octanol–water partition coefficient (Wildman–Crippen LogP) is 4.22. The lowest BCUT2D eigenvalue weighted by atomic mass is 10.1. The second-order valence-corrected chi connectivity index (χ2v) is 5.90. The van der Waals surface area contributed by atoms with Crippen molar-refractivity contribution >= 4 is 23.2 Å². The highest BCUT2D eigenvalue weighted by Crippen LogP contribution is 2.29. The first-order valence-corrected chi connectivity index (χ1v) is 8.64. The number of halogens is 1. The van der Waals surface area contributed by atoms with Crippen LogP contribution < -0.4 is 20.1 Å². The van der Waals surface area contributed by atoms with E-state index in [1.165, 1.54) is 32.2 Å². The first kappa shape index (κ1) is 20.2. The average molecular weight is 374 g/mol. The number of rotatable bonds is 8. The molecule has 0 aliphatic carbocycles. The van der Waals surface area contributed by atoms with Gasteiger partial charge in [0.25, 0.3) is 5.91 Å². The van der Waals surface area contributed by atoms with Crippen molar-refractivity contribution in [3.63, 3.8) is 0 Å². The van der Waals surface area contributed by atoms with Crippen LogP contribution in [0.2, 0.25) is 0 Å². The zero-order valence-corrected chi connectivity index (χ0v) is 15.6. The Bertz CT molecular complexity index is 824. The monoisotopic (exact) mass is 374 g/mol. The molecule has 6 nitrogen and oxygen atoms in total. The van der Waals surface area contributed by atoms with Crippen LogP contribution in [0.15, 0.2) is 36.4 Å². The third-order valence-electron chi connectivity index (χ3n) is 3.72. The molecule has 144 valence electrons. The number of amides is 2. The van der Waals surface area contributed by atoms with E-state index < -0.39 is 17.6 Å². The Morgan fingerprint density at radius 2 is 1.85 bits per heavy atom. The molecular formula is C20H23FN2O4. The van der Waals surface area contributed by atoms with E-state index >= 15 is 0 Å². The summed E-state index contributed by atoms with van der Waals surface area (Å²) in [7, 11) is 1.50. The van der Waals surface area contributed by atoms with Crippen molar-refractivity contribution in [2.45, 2.75) is 26.7 Å². The summed E-state index contributed by atoms with van der Waals surface area (Å²) in [4.78, 5) is 23.6. The Kier molecular flexibility index (Phi) is 7.16. The summed E-state index contributed by atoms with van der Waals surface area (Å²) in [5, 5.41) is 5.04. The normalized spacial score (nSPS) is 10.2. The maximum Gasteiger partial charge on any atom is 0.255 e. The molecule has 2 rings (SSSR count). The predicted molar refractivity (Wildman–Crippen MR) is 102 cm³/mol. The molecule has 0 radical (unpaired) electrons. The molecule has 7 heteroatoms. The summed E-state index contributed by atoms with van der Waals surface area (Å²) in [6.07, 6.45) is 1.94. The van der Waals surface area contributed by atoms with Gasteiger partial charge in [0.1, 0.15) is 5.82 Å². The van der Waals surface area contributed by atoms with Gasteiger partial charge in [0.05, 0.1) is 19.4 Å². The van der Waals surface area contributed by atoms with Crippen LogP contribution in [0, 0.1) is 5.82 Å². The molecule has 0 aliphatic rings. The Balaban J connectivity index is 2.14. The third kappa shape index (κ3) is 5.70. The van der Waals surface area contributed by atoms with Crippen LogP contribution in [0.25, 0.3) is 0 Å². The fourth-order valence-electron chi connectivity index (χ4n) is 2.35. The number of nitrogens with one attached hydrogen (secondary N) is 2. The first-order chi connectivity index (χ1) is 12.9. The molecule has 0 bridgehead atoms. The third-order valence-corrected chi connectivity index (χ3v) is 3.72. The summed E-state index contributed by atoms with van der Waals surface area (Å²) in [6.45, 7) is 3.92. The second kappa shape index (κ2) is 9.56. The van der Waals surface area contributed by atoms with Crippen LogP contribution in [-0.4, -0.2) is 25.5 Å². The zero-order valence-electron chi connectivity index (χ0n) is 15.6. The van der Waals surface area contributed by atoms with Gasteiger partial charge < -0.3 is 20.1 Å². The van der Waals surface area contributed by atoms with Gasteiger partial charge in [-0.05, 0) is 42.8 Å². The number of benzene rings is 2. The van der Waals surface area contributed by atoms with Crippen LogP contribution in [0.5, 0.6) is 11.5 Å². The summed E-state index contributed by atoms with van der Waals surface area (Å²) in [5.74, 6) is -0.359. The zero-order chi connectivity index (χ0) is 19.8. The van der Waals surface area contributed by atoms with Crippen molar-refractivity contribution < 1.29 is 23.5 Å². The number of hydrogen-bond acceptors (Lipinski definition) is 4. The van der Waals surface area contributed by atoms with Crippen LogP contribution >= 0.6 is 0 Å². The lowest BCUT2D eigenvalue weighted by molar-refractivity contribution is -0.114. The number of methoxy groups -OCH3 is 1. The van der Waals surface area contributed by atoms with Crippen molar-refractivity contribution in [1.82, 2.24) is 0 Å². The Hall–Kier alpha value is -3.09. The number of anilines is 2. The molecule has 0 aromatic heterocycles. The van der Waals surface area contributed by atoms with E-state index in [9.17, 15) is 14.0 Å². The highest BCUT2D eigenvalue weighted by molar-refractivity contribution is 6.05. The molecule has 0 aliphatic heterocycles. The van der Waals surface area contributed by atoms with E-state index in [4.69, 9.17) is 9.47 Å². The molecule has 0 fully saturated rings. The van der Waals surface area contributed by atoms with Gasteiger partial charge in [-0.3, -0.25) is 9.59 Å². The first-order valence-electron chi connectivity index (χ1n) is 8.64. The van der Waals surface area contributed by atoms with Gasteiger partial charge in [-0.1, -0.05) is 13.3 Å². The van der Waals surface area contributed by atoms with Gasteiger partial charge in [0.15, 0.2) is 11.5 Å². The van der Waals surface area contributed by atoms with E-state index in [-0.39, 0.29) is 5.69 Å². The van der Waals surface area contributed by atoms with E-state index in [0.717, 1.165) is 12.8 Å². The molecule has 0 unspecified atom stereocenters. The lowest BCUT2D eigenvalue weighted by Gasteiger charge is -2.13. The van der Waals surface area contributed by atoms with Gasteiger partial charge in [-0.25, -0.2) is 4.39 Å². The van der Waals surface area contributed by atoms with Crippen LogP contribution in [0.3, 0.4) is 0 Å². The van der Waals surface area contributed by atoms with Crippen molar-refractivity contribution in [3.8, 4) is 11.5 Å². The van der Waals surface area contributed by atoms with Crippen molar-refractivity contribution in [2.24, 2.45) is 0 Å². The van der Waals surface area contributed by atoms with E-state index in [2.05, 4.69) is 17.6 Å². The van der Waals surface area contributed by atoms with Gasteiger partial charge in [-0.2, -0.15) is 0 Å². The SMILES string of the molecule is CCCCOc1ccc(C(=O)Nc2ccc(F)c(NC(C)=O)c2)cc1OC. The number of hydrogen-bond donors (Lipinski definition) is 2. The molecule has 2 amide bonds. The fourth-order valence-corrected chi connectivity index (χ4v) is 2.35. The maximum atomic E-state index is 13.7. The van der Waals surface area contributed by atoms with Gasteiger partial charge >= 0.3 is 0 Å². The largest absolute Gasteiger partial charge is 0.493 e. The summed E-state index contributed by atoms with van der Waals surface area (Å²) in [6, 6.07) is 8.82. The maximum absolute atomic E-state index is 13.7. The number of carbonyl (C=O) groups excluding carboxylic acids is 2. The fraction of sp³-hybridized carbons (Fsp3) is 0.300. The minimum Gasteiger partial charge on any atom is -0.493 e. The number of carbonyl (C=O) groups is 2. The van der Waals surface area contributed by atoms with Crippen LogP contribution in [-0.2, 0) is 4.79 Å². The van der Waals surface area contributed by atoms with Gasteiger partial charge in [0, 0.05) is 18.2 Å². The average Bonchev–Trinajstić information content (AvgIpc) is 2.64. The van der Waals surface area contributed by atoms with Crippen LogP contribution in [0.4, 0.5) is 15.8 Å². The second-order valence-electron chi connectivity index (χ2n) is 5.90. The van der Waals surface area contributed by atoms with Crippen molar-refractivity contribution in [2.75, 3.05) is 24.4 Å². The molecule has 2 N–H and O–H groups in total. The molecule has 0 heterocycles. The quantitative estimate of drug-likeness (QED) is 0.678. The van der Waals surface area contributed by atoms with E-state index in [0.29, 0.717) is 29.4 Å². The molecular weight excluding hydrogens is 351 g/mol. The van der Waals surface area contributed by atoms with Crippen molar-refractivity contribution in [1.29, 1.82) is 0 Å². The molecule has 0 saturated heterocycles. The molecule has 0 spiro atoms. The Morgan fingerprint density at radius 1 is 1.07 bits per heavy atom. The highest BCUT2D eigenvalue weighted by atomic mass is 19.1.